The molecular weight excluding hydrogens is 620 g/mol. The van der Waals surface area contributed by atoms with Crippen LogP contribution in [-0.4, -0.2) is 88.7 Å². The Morgan fingerprint density at radius 2 is 1.54 bits per heavy atom. The van der Waals surface area contributed by atoms with Crippen LogP contribution in [-0.2, 0) is 33.5 Å². The molecule has 48 heavy (non-hydrogen) atoms. The number of hydrogen-bond acceptors (Lipinski definition) is 8. The molecule has 0 radical (unpaired) electrons. The van der Waals surface area contributed by atoms with Gasteiger partial charge in [-0.3, -0.25) is 28.8 Å². The molecular formula is C34H54N6O8. The van der Waals surface area contributed by atoms with Crippen LogP contribution in [0.2, 0.25) is 0 Å². The minimum atomic E-state index is -1.11. The molecule has 6 atom stereocenters. The second-order valence-corrected chi connectivity index (χ2v) is 14.6. The van der Waals surface area contributed by atoms with Crippen LogP contribution in [0.25, 0.3) is 0 Å². The van der Waals surface area contributed by atoms with E-state index in [4.69, 9.17) is 4.74 Å². The number of hydrogen-bond donors (Lipinski definition) is 5. The van der Waals surface area contributed by atoms with Gasteiger partial charge in [0.1, 0.15) is 18.1 Å². The van der Waals surface area contributed by atoms with Gasteiger partial charge in [0, 0.05) is 12.1 Å². The summed E-state index contributed by atoms with van der Waals surface area (Å²) in [5.74, 6) is -3.82. The van der Waals surface area contributed by atoms with E-state index in [1.807, 2.05) is 6.92 Å². The van der Waals surface area contributed by atoms with E-state index >= 15 is 0 Å². The number of likely N-dealkylation sites (tertiary alicyclic amines) is 1. The lowest BCUT2D eigenvalue weighted by atomic mass is 9.83. The van der Waals surface area contributed by atoms with Crippen LogP contribution in [0.1, 0.15) is 106 Å². The average molecular weight is 675 g/mol. The summed E-state index contributed by atoms with van der Waals surface area (Å²) < 4.78 is 4.99. The maximum Gasteiger partial charge on any atom is 0.408 e. The van der Waals surface area contributed by atoms with Crippen molar-refractivity contribution in [1.29, 1.82) is 0 Å². The second kappa shape index (κ2) is 16.4. The van der Waals surface area contributed by atoms with Crippen molar-refractivity contribution >= 4 is 41.4 Å². The maximum absolute atomic E-state index is 14.5. The fourth-order valence-corrected chi connectivity index (χ4v) is 6.30. The number of nitrogens with zero attached hydrogens (tertiary/aromatic N) is 1. The van der Waals surface area contributed by atoms with Crippen molar-refractivity contribution in [3.05, 3.63) is 12.3 Å². The first-order chi connectivity index (χ1) is 22.4. The SMILES string of the molecule is C=C(NC(=O)C(C)NC(=O)OC(C)C)C(=O)N[C@H](C(=O)N1C2CCCCC2C[C@H]1C(=O)NC(CCC)C(=O)C(=O)NC1CC1)C(C)(C)C. The smallest absolute Gasteiger partial charge is 0.408 e. The van der Waals surface area contributed by atoms with E-state index < -0.39 is 77.1 Å². The number of fused-ring (bicyclic) bond motifs is 1. The summed E-state index contributed by atoms with van der Waals surface area (Å²) in [5.41, 5.74) is -1.15. The minimum absolute atomic E-state index is 0.00646. The molecule has 0 aromatic carbocycles. The highest BCUT2D eigenvalue weighted by molar-refractivity contribution is 6.38. The molecule has 268 valence electrons. The molecule has 0 aromatic rings. The van der Waals surface area contributed by atoms with Crippen molar-refractivity contribution < 1.29 is 38.3 Å². The summed E-state index contributed by atoms with van der Waals surface area (Å²) in [7, 11) is 0. The molecule has 5 N–H and O–H groups in total. The van der Waals surface area contributed by atoms with Gasteiger partial charge in [0.05, 0.1) is 17.8 Å². The Kier molecular flexibility index (Phi) is 13.2. The van der Waals surface area contributed by atoms with Crippen LogP contribution < -0.4 is 26.6 Å². The number of carbonyl (C=O) groups excluding carboxylic acids is 7. The van der Waals surface area contributed by atoms with Crippen molar-refractivity contribution in [2.45, 2.75) is 149 Å². The lowest BCUT2D eigenvalue weighted by molar-refractivity contribution is -0.147. The molecule has 0 bridgehead atoms. The Morgan fingerprint density at radius 3 is 2.12 bits per heavy atom. The number of rotatable bonds is 14. The fourth-order valence-electron chi connectivity index (χ4n) is 6.30. The van der Waals surface area contributed by atoms with Crippen LogP contribution >= 0.6 is 0 Å². The van der Waals surface area contributed by atoms with Gasteiger partial charge in [-0.15, -0.1) is 0 Å². The largest absolute Gasteiger partial charge is 0.447 e. The molecule has 1 saturated heterocycles. The normalized spacial score (nSPS) is 22.3. The summed E-state index contributed by atoms with van der Waals surface area (Å²) in [6, 6.07) is -4.31. The van der Waals surface area contributed by atoms with E-state index in [1.54, 1.807) is 39.5 Å². The number of alkyl carbamates (subject to hydrolysis) is 1. The monoisotopic (exact) mass is 674 g/mol. The molecule has 0 spiro atoms. The number of Topliss-reactive ketones (excluding diaryl/α,β-unsaturated/α-hetero) is 1. The molecule has 1 heterocycles. The van der Waals surface area contributed by atoms with Gasteiger partial charge in [0.15, 0.2) is 0 Å². The second-order valence-electron chi connectivity index (χ2n) is 14.6. The lowest BCUT2D eigenvalue weighted by Gasteiger charge is -2.39. The highest BCUT2D eigenvalue weighted by Crippen LogP contribution is 2.41. The highest BCUT2D eigenvalue weighted by atomic mass is 16.6. The summed E-state index contributed by atoms with van der Waals surface area (Å²) in [6.07, 6.45) is 5.08. The van der Waals surface area contributed by atoms with Gasteiger partial charge in [-0.1, -0.05) is 53.5 Å². The van der Waals surface area contributed by atoms with Crippen LogP contribution in [0.4, 0.5) is 4.79 Å². The van der Waals surface area contributed by atoms with E-state index in [2.05, 4.69) is 33.2 Å². The number of amides is 6. The Bertz CT molecular complexity index is 1270. The third kappa shape index (κ3) is 10.3. The van der Waals surface area contributed by atoms with Crippen molar-refractivity contribution in [3.63, 3.8) is 0 Å². The van der Waals surface area contributed by atoms with Crippen molar-refractivity contribution in [3.8, 4) is 0 Å². The molecule has 3 aliphatic rings. The standard InChI is InChI=1S/C34H54N6O8/c1-9-12-23(26(41)31(45)37-22-15-16-22)38-30(44)25-17-21-13-10-11-14-24(21)40(25)32(46)27(34(6,7)8)39-29(43)19(4)35-28(42)20(5)36-33(47)48-18(2)3/h18,20-25,27H,4,9-17H2,1-3,5-8H3,(H,35,42)(H,36,47)(H,37,45)(H,38,44)(H,39,43)/t20?,21?,23?,24?,25-,27+/m0/s1. The first kappa shape index (κ1) is 38.5. The zero-order valence-electron chi connectivity index (χ0n) is 29.4. The van der Waals surface area contributed by atoms with Crippen LogP contribution in [0.15, 0.2) is 12.3 Å². The van der Waals surface area contributed by atoms with E-state index in [0.717, 1.165) is 32.1 Å². The third-order valence-electron chi connectivity index (χ3n) is 9.00. The van der Waals surface area contributed by atoms with Gasteiger partial charge >= 0.3 is 6.09 Å². The van der Waals surface area contributed by atoms with Crippen molar-refractivity contribution in [2.24, 2.45) is 11.3 Å². The van der Waals surface area contributed by atoms with Gasteiger partial charge in [-0.05, 0) is 70.6 Å². The Labute approximate surface area is 283 Å². The summed E-state index contributed by atoms with van der Waals surface area (Å²) in [5, 5.41) is 13.0. The first-order valence-electron chi connectivity index (χ1n) is 17.2. The quantitative estimate of drug-likeness (QED) is 0.136. The predicted octanol–water partition coefficient (Wildman–Crippen LogP) is 1.96. The molecule has 2 aliphatic carbocycles. The minimum Gasteiger partial charge on any atom is -0.447 e. The molecule has 4 unspecified atom stereocenters. The van der Waals surface area contributed by atoms with Gasteiger partial charge in [-0.25, -0.2) is 4.79 Å². The van der Waals surface area contributed by atoms with E-state index in [0.29, 0.717) is 19.3 Å². The van der Waals surface area contributed by atoms with Gasteiger partial charge in [0.2, 0.25) is 23.5 Å². The molecule has 3 rings (SSSR count). The number of ketones is 1. The average Bonchev–Trinajstić information content (AvgIpc) is 3.73. The number of nitrogens with one attached hydrogen (secondary N) is 5. The fraction of sp³-hybridized carbons (Fsp3) is 0.735. The van der Waals surface area contributed by atoms with Gasteiger partial charge in [0.25, 0.3) is 11.8 Å². The highest BCUT2D eigenvalue weighted by Gasteiger charge is 2.51. The molecule has 14 nitrogen and oxygen atoms in total. The zero-order chi connectivity index (χ0) is 35.9. The van der Waals surface area contributed by atoms with Gasteiger partial charge in [-0.2, -0.15) is 0 Å². The molecule has 0 aromatic heterocycles. The van der Waals surface area contributed by atoms with Crippen LogP contribution in [0.3, 0.4) is 0 Å². The number of ether oxygens (including phenoxy) is 1. The molecule has 14 heteroatoms. The topological polar surface area (TPSA) is 192 Å². The molecule has 2 saturated carbocycles. The molecule has 3 fully saturated rings. The maximum atomic E-state index is 14.5. The van der Waals surface area contributed by atoms with E-state index in [1.165, 1.54) is 6.92 Å². The van der Waals surface area contributed by atoms with E-state index in [9.17, 15) is 33.6 Å². The van der Waals surface area contributed by atoms with Crippen molar-refractivity contribution in [1.82, 2.24) is 31.5 Å². The summed E-state index contributed by atoms with van der Waals surface area (Å²) >= 11 is 0. The zero-order valence-corrected chi connectivity index (χ0v) is 29.4. The Hall–Kier alpha value is -3.97. The third-order valence-corrected chi connectivity index (χ3v) is 9.00. The van der Waals surface area contributed by atoms with Gasteiger partial charge < -0.3 is 36.2 Å². The first-order valence-corrected chi connectivity index (χ1v) is 17.2. The molecule has 6 amide bonds. The van der Waals surface area contributed by atoms with Crippen LogP contribution in [0, 0.1) is 11.3 Å². The Balaban J connectivity index is 1.77. The summed E-state index contributed by atoms with van der Waals surface area (Å²) in [6.45, 7) is 15.6. The van der Waals surface area contributed by atoms with Crippen LogP contribution in [0.5, 0.6) is 0 Å². The number of carbonyl (C=O) groups is 7. The van der Waals surface area contributed by atoms with E-state index in [-0.39, 0.29) is 30.1 Å². The predicted molar refractivity (Wildman–Crippen MR) is 177 cm³/mol. The lowest BCUT2D eigenvalue weighted by Crippen LogP contribution is -2.61. The Morgan fingerprint density at radius 1 is 0.896 bits per heavy atom. The van der Waals surface area contributed by atoms with Crippen molar-refractivity contribution in [2.75, 3.05) is 0 Å². The molecule has 1 aliphatic heterocycles. The summed E-state index contributed by atoms with van der Waals surface area (Å²) in [4.78, 5) is 93.4.